The number of carbonyl (C=O) groups excluding carboxylic acids is 2. The number of nitrogens with zero attached hydrogens (tertiary/aromatic N) is 3. The number of amides is 2. The molecule has 1 saturated heterocycles. The number of hydrogen-bond donors (Lipinski definition) is 1. The number of nitrogens with two attached hydrogens (primary N) is 1. The number of benzene rings is 1. The Morgan fingerprint density at radius 2 is 2.15 bits per heavy atom. The molecule has 0 radical (unpaired) electrons. The summed E-state index contributed by atoms with van der Waals surface area (Å²) in [5, 5.41) is 9.55. The molecule has 2 amide bonds. The van der Waals surface area contributed by atoms with Crippen LogP contribution in [0.4, 0.5) is 0 Å². The lowest BCUT2D eigenvalue weighted by molar-refractivity contribution is -0.132. The molecule has 27 heavy (non-hydrogen) atoms. The molecule has 0 saturated carbocycles. The first-order valence-electron chi connectivity index (χ1n) is 8.92. The summed E-state index contributed by atoms with van der Waals surface area (Å²) in [5.41, 5.74) is 8.07. The number of hydrogen-bond acceptors (Lipinski definition) is 5. The zero-order valence-electron chi connectivity index (χ0n) is 15.5. The van der Waals surface area contributed by atoms with Crippen LogP contribution in [-0.4, -0.2) is 40.9 Å². The van der Waals surface area contributed by atoms with Gasteiger partial charge in [0, 0.05) is 29.3 Å². The van der Waals surface area contributed by atoms with E-state index in [9.17, 15) is 9.59 Å². The summed E-state index contributed by atoms with van der Waals surface area (Å²) < 4.78 is 6.23. The van der Waals surface area contributed by atoms with Gasteiger partial charge >= 0.3 is 0 Å². The molecule has 2 N–H and O–H groups in total. The summed E-state index contributed by atoms with van der Waals surface area (Å²) >= 11 is 0. The van der Waals surface area contributed by atoms with Crippen molar-refractivity contribution in [2.24, 2.45) is 5.73 Å². The Hall–Kier alpha value is -3.14. The quantitative estimate of drug-likeness (QED) is 0.892. The molecule has 140 valence electrons. The van der Waals surface area contributed by atoms with E-state index in [0.717, 1.165) is 29.5 Å². The third kappa shape index (κ3) is 4.00. The van der Waals surface area contributed by atoms with Gasteiger partial charge in [-0.1, -0.05) is 0 Å². The summed E-state index contributed by atoms with van der Waals surface area (Å²) in [7, 11) is 0. The minimum absolute atomic E-state index is 0.112. The highest BCUT2D eigenvalue weighted by Crippen LogP contribution is 2.30. The third-order valence-electron chi connectivity index (χ3n) is 4.77. The molecule has 0 unspecified atom stereocenters. The number of carbonyl (C=O) groups is 2. The molecule has 1 aliphatic heterocycles. The van der Waals surface area contributed by atoms with Gasteiger partial charge in [0.25, 0.3) is 0 Å². The van der Waals surface area contributed by atoms with Crippen LogP contribution in [0.2, 0.25) is 0 Å². The Bertz CT molecular complexity index is 948. The first kappa shape index (κ1) is 18.6. The Labute approximate surface area is 157 Å². The fraction of sp³-hybridized carbons (Fsp3) is 0.400. The van der Waals surface area contributed by atoms with E-state index in [1.165, 1.54) is 0 Å². The number of aromatic nitrogens is 1. The van der Waals surface area contributed by atoms with E-state index in [0.29, 0.717) is 29.9 Å². The highest BCUT2D eigenvalue weighted by molar-refractivity contribution is 5.99. The summed E-state index contributed by atoms with van der Waals surface area (Å²) in [6, 6.07) is 7.32. The SMILES string of the molecule is Cc1cc(O[C@@H]2CCCN(C(=O)CC#N)C2)c2cc(C)c(C(N)=O)cc2n1. The molecule has 1 fully saturated rings. The molecule has 7 nitrogen and oxygen atoms in total. The maximum Gasteiger partial charge on any atom is 0.249 e. The van der Waals surface area contributed by atoms with Gasteiger partial charge in [-0.2, -0.15) is 5.26 Å². The second-order valence-corrected chi connectivity index (χ2v) is 6.87. The van der Waals surface area contributed by atoms with Gasteiger partial charge in [0.1, 0.15) is 18.3 Å². The van der Waals surface area contributed by atoms with Gasteiger partial charge in [0.05, 0.1) is 18.1 Å². The van der Waals surface area contributed by atoms with Crippen LogP contribution < -0.4 is 10.5 Å². The Morgan fingerprint density at radius 1 is 1.37 bits per heavy atom. The van der Waals surface area contributed by atoms with Crippen LogP contribution in [0.5, 0.6) is 5.75 Å². The van der Waals surface area contributed by atoms with E-state index < -0.39 is 5.91 Å². The van der Waals surface area contributed by atoms with Crippen molar-refractivity contribution in [1.29, 1.82) is 5.26 Å². The monoisotopic (exact) mass is 366 g/mol. The van der Waals surface area contributed by atoms with Crippen molar-refractivity contribution >= 4 is 22.7 Å². The normalized spacial score (nSPS) is 16.8. The lowest BCUT2D eigenvalue weighted by Gasteiger charge is -2.32. The summed E-state index contributed by atoms with van der Waals surface area (Å²) in [6.45, 7) is 4.80. The van der Waals surface area contributed by atoms with E-state index in [4.69, 9.17) is 15.7 Å². The van der Waals surface area contributed by atoms with Gasteiger partial charge in [-0.15, -0.1) is 0 Å². The molecule has 7 heteroatoms. The maximum absolute atomic E-state index is 12.0. The van der Waals surface area contributed by atoms with Crippen LogP contribution >= 0.6 is 0 Å². The molecular weight excluding hydrogens is 344 g/mol. The van der Waals surface area contributed by atoms with Crippen molar-refractivity contribution in [2.45, 2.75) is 39.2 Å². The second kappa shape index (κ2) is 7.62. The summed E-state index contributed by atoms with van der Waals surface area (Å²) in [5.74, 6) is 0.0267. The minimum atomic E-state index is -0.487. The Balaban J connectivity index is 1.90. The van der Waals surface area contributed by atoms with E-state index in [1.807, 2.05) is 32.0 Å². The first-order valence-corrected chi connectivity index (χ1v) is 8.92. The van der Waals surface area contributed by atoms with Gasteiger partial charge in [-0.3, -0.25) is 14.6 Å². The number of likely N-dealkylation sites (tertiary alicyclic amines) is 1. The number of ether oxygens (including phenoxy) is 1. The van der Waals surface area contributed by atoms with Crippen molar-refractivity contribution in [3.8, 4) is 11.8 Å². The van der Waals surface area contributed by atoms with Crippen molar-refractivity contribution in [1.82, 2.24) is 9.88 Å². The van der Waals surface area contributed by atoms with Crippen molar-refractivity contribution in [2.75, 3.05) is 13.1 Å². The predicted octanol–water partition coefficient (Wildman–Crippen LogP) is 2.23. The molecule has 3 rings (SSSR count). The molecule has 1 atom stereocenters. The Kier molecular flexibility index (Phi) is 5.26. The highest BCUT2D eigenvalue weighted by Gasteiger charge is 2.25. The molecule has 1 aromatic carbocycles. The van der Waals surface area contributed by atoms with Crippen LogP contribution in [0.3, 0.4) is 0 Å². The Morgan fingerprint density at radius 3 is 2.85 bits per heavy atom. The van der Waals surface area contributed by atoms with Crippen molar-refractivity contribution in [3.63, 3.8) is 0 Å². The molecule has 0 aliphatic carbocycles. The zero-order valence-corrected chi connectivity index (χ0v) is 15.5. The fourth-order valence-electron chi connectivity index (χ4n) is 3.46. The molecule has 2 heterocycles. The fourth-order valence-corrected chi connectivity index (χ4v) is 3.46. The first-order chi connectivity index (χ1) is 12.9. The maximum atomic E-state index is 12.0. The number of aryl methyl sites for hydroxylation is 2. The van der Waals surface area contributed by atoms with Crippen LogP contribution in [0, 0.1) is 25.2 Å². The largest absolute Gasteiger partial charge is 0.488 e. The van der Waals surface area contributed by atoms with E-state index in [-0.39, 0.29) is 18.4 Å². The topological polar surface area (TPSA) is 109 Å². The van der Waals surface area contributed by atoms with E-state index in [2.05, 4.69) is 4.98 Å². The number of piperidine rings is 1. The van der Waals surface area contributed by atoms with Crippen molar-refractivity contribution < 1.29 is 14.3 Å². The second-order valence-electron chi connectivity index (χ2n) is 6.87. The van der Waals surface area contributed by atoms with Crippen LogP contribution in [0.15, 0.2) is 18.2 Å². The number of rotatable bonds is 4. The predicted molar refractivity (Wildman–Crippen MR) is 100 cm³/mol. The van der Waals surface area contributed by atoms with Gasteiger partial charge in [-0.05, 0) is 44.4 Å². The van der Waals surface area contributed by atoms with Crippen LogP contribution in [-0.2, 0) is 4.79 Å². The van der Waals surface area contributed by atoms with Gasteiger partial charge in [0.15, 0.2) is 0 Å². The van der Waals surface area contributed by atoms with Crippen molar-refractivity contribution in [3.05, 3.63) is 35.0 Å². The lowest BCUT2D eigenvalue weighted by Crippen LogP contribution is -2.44. The van der Waals surface area contributed by atoms with Crippen LogP contribution in [0.25, 0.3) is 10.9 Å². The third-order valence-corrected chi connectivity index (χ3v) is 4.77. The smallest absolute Gasteiger partial charge is 0.249 e. The number of pyridine rings is 1. The molecule has 0 spiro atoms. The van der Waals surface area contributed by atoms with Gasteiger partial charge < -0.3 is 15.4 Å². The minimum Gasteiger partial charge on any atom is -0.488 e. The lowest BCUT2D eigenvalue weighted by atomic mass is 10.0. The standard InChI is InChI=1S/C20H22N4O3/c1-12-8-16-17(10-15(12)20(22)26)23-13(2)9-18(16)27-14-4-3-7-24(11-14)19(25)5-6-21/h8-10,14H,3-5,7,11H2,1-2H3,(H2,22,26)/t14-/m1/s1. The van der Waals surface area contributed by atoms with Crippen LogP contribution in [0.1, 0.15) is 40.9 Å². The number of primary amides is 1. The summed E-state index contributed by atoms with van der Waals surface area (Å²) in [6.07, 6.45) is 1.40. The highest BCUT2D eigenvalue weighted by atomic mass is 16.5. The number of nitriles is 1. The average Bonchev–Trinajstić information content (AvgIpc) is 2.62. The van der Waals surface area contributed by atoms with Gasteiger partial charge in [0.2, 0.25) is 11.8 Å². The zero-order chi connectivity index (χ0) is 19.6. The van der Waals surface area contributed by atoms with E-state index >= 15 is 0 Å². The summed E-state index contributed by atoms with van der Waals surface area (Å²) in [4.78, 5) is 29.8. The molecular formula is C20H22N4O3. The molecule has 0 bridgehead atoms. The molecule has 1 aromatic heterocycles. The number of fused-ring (bicyclic) bond motifs is 1. The van der Waals surface area contributed by atoms with E-state index in [1.54, 1.807) is 11.0 Å². The average molecular weight is 366 g/mol. The van der Waals surface area contributed by atoms with Gasteiger partial charge in [-0.25, -0.2) is 0 Å². The molecule has 2 aromatic rings. The molecule has 1 aliphatic rings.